The fraction of sp³-hybridized carbons (Fsp3) is 0.375. The van der Waals surface area contributed by atoms with Crippen LogP contribution in [0.2, 0.25) is 10.2 Å². The van der Waals surface area contributed by atoms with Gasteiger partial charge in [0.15, 0.2) is 5.82 Å². The molecule has 2 aromatic rings. The fourth-order valence-electron chi connectivity index (χ4n) is 2.80. The van der Waals surface area contributed by atoms with Crippen molar-refractivity contribution in [2.75, 3.05) is 7.11 Å². The molecule has 0 amide bonds. The van der Waals surface area contributed by atoms with Gasteiger partial charge in [0, 0.05) is 17.2 Å². The Morgan fingerprint density at radius 3 is 2.52 bits per heavy atom. The highest BCUT2D eigenvalue weighted by molar-refractivity contribution is 6.32. The lowest BCUT2D eigenvalue weighted by Gasteiger charge is -2.11. The van der Waals surface area contributed by atoms with Crippen LogP contribution in [0.15, 0.2) is 24.3 Å². The van der Waals surface area contributed by atoms with E-state index in [1.165, 1.54) is 25.7 Å². The third-order valence-electron chi connectivity index (χ3n) is 3.90. The quantitative estimate of drug-likeness (QED) is 0.736. The molecule has 0 aliphatic heterocycles. The Bertz CT molecular complexity index is 655. The number of nitrogens with zero attached hydrogens (tertiary/aromatic N) is 2. The van der Waals surface area contributed by atoms with Crippen molar-refractivity contribution in [3.8, 4) is 17.1 Å². The third-order valence-corrected chi connectivity index (χ3v) is 4.39. The van der Waals surface area contributed by atoms with Gasteiger partial charge < -0.3 is 4.74 Å². The molecule has 5 heteroatoms. The molecule has 0 radical (unpaired) electrons. The van der Waals surface area contributed by atoms with Crippen LogP contribution >= 0.6 is 23.2 Å². The van der Waals surface area contributed by atoms with Gasteiger partial charge >= 0.3 is 0 Å². The second-order valence-electron chi connectivity index (χ2n) is 5.27. The highest BCUT2D eigenvalue weighted by atomic mass is 35.5. The van der Waals surface area contributed by atoms with Gasteiger partial charge in [0.1, 0.15) is 10.9 Å². The zero-order valence-corrected chi connectivity index (χ0v) is 13.3. The van der Waals surface area contributed by atoms with Crippen molar-refractivity contribution < 1.29 is 4.74 Å². The van der Waals surface area contributed by atoms with Gasteiger partial charge in [0.25, 0.3) is 0 Å². The number of aromatic nitrogens is 2. The van der Waals surface area contributed by atoms with Crippen LogP contribution in [-0.4, -0.2) is 17.1 Å². The van der Waals surface area contributed by atoms with Gasteiger partial charge in [-0.05, 0) is 37.1 Å². The van der Waals surface area contributed by atoms with Gasteiger partial charge in [-0.2, -0.15) is 0 Å². The zero-order valence-electron chi connectivity index (χ0n) is 11.8. The molecule has 21 heavy (non-hydrogen) atoms. The minimum atomic E-state index is 0.480. The summed E-state index contributed by atoms with van der Waals surface area (Å²) in [4.78, 5) is 9.01. The predicted molar refractivity (Wildman–Crippen MR) is 85.2 cm³/mol. The average molecular weight is 323 g/mol. The van der Waals surface area contributed by atoms with Crippen molar-refractivity contribution in [3.63, 3.8) is 0 Å². The first-order chi connectivity index (χ1) is 10.2. The normalized spacial score (nSPS) is 15.4. The van der Waals surface area contributed by atoms with Crippen molar-refractivity contribution in [2.45, 2.75) is 31.6 Å². The second kappa shape index (κ2) is 6.20. The van der Waals surface area contributed by atoms with Gasteiger partial charge in [-0.15, -0.1) is 0 Å². The molecule has 1 aromatic heterocycles. The fourth-order valence-corrected chi connectivity index (χ4v) is 3.25. The summed E-state index contributed by atoms with van der Waals surface area (Å²) in [5.41, 5.74) is 1.89. The number of halogens is 2. The van der Waals surface area contributed by atoms with Crippen LogP contribution in [0.5, 0.6) is 5.75 Å². The van der Waals surface area contributed by atoms with Crippen molar-refractivity contribution in [2.24, 2.45) is 0 Å². The average Bonchev–Trinajstić information content (AvgIpc) is 3.01. The lowest BCUT2D eigenvalue weighted by atomic mass is 10.0. The minimum absolute atomic E-state index is 0.480. The summed E-state index contributed by atoms with van der Waals surface area (Å²) in [6.07, 6.45) is 4.87. The van der Waals surface area contributed by atoms with E-state index in [2.05, 4.69) is 9.97 Å². The first-order valence-corrected chi connectivity index (χ1v) is 7.81. The number of hydrogen-bond donors (Lipinski definition) is 0. The summed E-state index contributed by atoms with van der Waals surface area (Å²) in [7, 11) is 1.59. The summed E-state index contributed by atoms with van der Waals surface area (Å²) in [5, 5.41) is 1.02. The Morgan fingerprint density at radius 2 is 1.86 bits per heavy atom. The topological polar surface area (TPSA) is 35.0 Å². The van der Waals surface area contributed by atoms with E-state index >= 15 is 0 Å². The number of hydrogen-bond acceptors (Lipinski definition) is 3. The molecule has 0 saturated heterocycles. The van der Waals surface area contributed by atoms with Gasteiger partial charge in [-0.3, -0.25) is 0 Å². The maximum Gasteiger partial charge on any atom is 0.161 e. The third kappa shape index (κ3) is 3.14. The molecular weight excluding hydrogens is 307 g/mol. The first-order valence-electron chi connectivity index (χ1n) is 7.06. The zero-order chi connectivity index (χ0) is 14.8. The molecule has 1 fully saturated rings. The van der Waals surface area contributed by atoms with Crippen LogP contribution in [0.1, 0.15) is 37.3 Å². The summed E-state index contributed by atoms with van der Waals surface area (Å²) < 4.78 is 5.17. The van der Waals surface area contributed by atoms with E-state index in [4.69, 9.17) is 27.9 Å². The Labute approximate surface area is 134 Å². The minimum Gasteiger partial charge on any atom is -0.495 e. The highest BCUT2D eigenvalue weighted by Crippen LogP contribution is 2.35. The van der Waals surface area contributed by atoms with E-state index < -0.39 is 0 Å². The molecule has 1 aromatic carbocycles. The molecule has 1 aliphatic carbocycles. The van der Waals surface area contributed by atoms with Crippen LogP contribution in [0.25, 0.3) is 11.4 Å². The summed E-state index contributed by atoms with van der Waals surface area (Å²) >= 11 is 12.3. The highest BCUT2D eigenvalue weighted by Gasteiger charge is 2.20. The van der Waals surface area contributed by atoms with Crippen LogP contribution in [0, 0.1) is 0 Å². The van der Waals surface area contributed by atoms with Crippen molar-refractivity contribution in [3.05, 3.63) is 40.1 Å². The van der Waals surface area contributed by atoms with Gasteiger partial charge in [-0.1, -0.05) is 36.0 Å². The largest absolute Gasteiger partial charge is 0.495 e. The van der Waals surface area contributed by atoms with E-state index in [1.54, 1.807) is 7.11 Å². The molecule has 0 unspecified atom stereocenters. The van der Waals surface area contributed by atoms with Gasteiger partial charge in [0.05, 0.1) is 12.1 Å². The molecule has 1 saturated carbocycles. The van der Waals surface area contributed by atoms with Crippen molar-refractivity contribution in [1.29, 1.82) is 0 Å². The maximum atomic E-state index is 6.17. The number of ether oxygens (including phenoxy) is 1. The summed E-state index contributed by atoms with van der Waals surface area (Å²) in [6.45, 7) is 0. The predicted octanol–water partition coefficient (Wildman–Crippen LogP) is 5.12. The van der Waals surface area contributed by atoms with Crippen LogP contribution < -0.4 is 4.74 Å². The van der Waals surface area contributed by atoms with E-state index in [-0.39, 0.29) is 0 Å². The Balaban J connectivity index is 1.99. The maximum absolute atomic E-state index is 6.17. The molecule has 0 spiro atoms. The molecule has 0 N–H and O–H groups in total. The SMILES string of the molecule is COc1ccc(-c2nc(Cl)cc(C3CCCC3)n2)cc1Cl. The number of benzene rings is 1. The lowest BCUT2D eigenvalue weighted by molar-refractivity contribution is 0.415. The molecule has 3 rings (SSSR count). The Hall–Kier alpha value is -1.32. The van der Waals surface area contributed by atoms with Crippen LogP contribution in [-0.2, 0) is 0 Å². The van der Waals surface area contributed by atoms with Gasteiger partial charge in [-0.25, -0.2) is 9.97 Å². The van der Waals surface area contributed by atoms with Gasteiger partial charge in [0.2, 0.25) is 0 Å². The smallest absolute Gasteiger partial charge is 0.161 e. The summed E-state index contributed by atoms with van der Waals surface area (Å²) in [5.74, 6) is 1.75. The Kier molecular flexibility index (Phi) is 4.32. The van der Waals surface area contributed by atoms with E-state index in [0.29, 0.717) is 27.7 Å². The van der Waals surface area contributed by atoms with Crippen molar-refractivity contribution in [1.82, 2.24) is 9.97 Å². The van der Waals surface area contributed by atoms with E-state index in [1.807, 2.05) is 24.3 Å². The Morgan fingerprint density at radius 1 is 1.10 bits per heavy atom. The molecule has 3 nitrogen and oxygen atoms in total. The molecular formula is C16H16Cl2N2O. The molecule has 1 aliphatic rings. The van der Waals surface area contributed by atoms with Crippen molar-refractivity contribution >= 4 is 23.2 Å². The van der Waals surface area contributed by atoms with E-state index in [9.17, 15) is 0 Å². The molecule has 0 atom stereocenters. The first kappa shape index (κ1) is 14.6. The molecule has 0 bridgehead atoms. The van der Waals surface area contributed by atoms with E-state index in [0.717, 1.165) is 11.3 Å². The second-order valence-corrected chi connectivity index (χ2v) is 6.06. The monoisotopic (exact) mass is 322 g/mol. The van der Waals surface area contributed by atoms with Crippen LogP contribution in [0.4, 0.5) is 0 Å². The van der Waals surface area contributed by atoms with Crippen LogP contribution in [0.3, 0.4) is 0 Å². The lowest BCUT2D eigenvalue weighted by Crippen LogP contribution is -2.00. The number of methoxy groups -OCH3 is 1. The standard InChI is InChI=1S/C16H16Cl2N2O/c1-21-14-7-6-11(8-12(14)17)16-19-13(9-15(18)20-16)10-4-2-3-5-10/h6-10H,2-5H2,1H3. The number of rotatable bonds is 3. The summed E-state index contributed by atoms with van der Waals surface area (Å²) in [6, 6.07) is 7.41. The molecule has 1 heterocycles. The molecule has 110 valence electrons.